The van der Waals surface area contributed by atoms with Crippen LogP contribution < -0.4 is 10.6 Å². The van der Waals surface area contributed by atoms with E-state index in [1.54, 1.807) is 12.4 Å². The molecule has 1 aliphatic carbocycles. The maximum absolute atomic E-state index is 9.93. The van der Waals surface area contributed by atoms with Crippen LogP contribution in [0.5, 0.6) is 0 Å². The van der Waals surface area contributed by atoms with Gasteiger partial charge in [-0.15, -0.1) is 0 Å². The number of rotatable bonds is 3. The van der Waals surface area contributed by atoms with Gasteiger partial charge >= 0.3 is 0 Å². The molecule has 3 N–H and O–H groups in total. The quantitative estimate of drug-likeness (QED) is 0.740. The van der Waals surface area contributed by atoms with E-state index in [4.69, 9.17) is 0 Å². The number of allylic oxidation sites excluding steroid dienone is 4. The van der Waals surface area contributed by atoms with Gasteiger partial charge in [-0.1, -0.05) is 6.08 Å². The van der Waals surface area contributed by atoms with Crippen molar-refractivity contribution in [3.8, 4) is 6.07 Å². The van der Waals surface area contributed by atoms with Crippen molar-refractivity contribution in [1.82, 2.24) is 15.3 Å². The molecule has 0 saturated heterocycles. The summed E-state index contributed by atoms with van der Waals surface area (Å²) in [7, 11) is 0. The Morgan fingerprint density at radius 3 is 2.96 bits per heavy atom. The van der Waals surface area contributed by atoms with E-state index in [-0.39, 0.29) is 12.1 Å². The van der Waals surface area contributed by atoms with Gasteiger partial charge in [0.25, 0.3) is 0 Å². The molecule has 1 aromatic rings. The molecule has 1 fully saturated rings. The summed E-state index contributed by atoms with van der Waals surface area (Å²) in [6.07, 6.45) is 11.4. The van der Waals surface area contributed by atoms with Gasteiger partial charge in [-0.05, 0) is 43.9 Å². The second-order valence-electron chi connectivity index (χ2n) is 5.74. The van der Waals surface area contributed by atoms with Gasteiger partial charge in [0.15, 0.2) is 0 Å². The van der Waals surface area contributed by atoms with Gasteiger partial charge in [-0.25, -0.2) is 9.97 Å². The standard InChI is InChI=1S/C17H19N5O/c1-11-10-20-17(21-14-6-4-7-15(14)23)22-16(11)12(9-18)13-5-2-3-8-19-13/h2-3,5,8,10,14-15,19,23H,4,6-7H2,1H3,(H,20,21,22)/t14-,15-/m0/s1. The zero-order chi connectivity index (χ0) is 16.2. The summed E-state index contributed by atoms with van der Waals surface area (Å²) < 4.78 is 0. The summed E-state index contributed by atoms with van der Waals surface area (Å²) in [4.78, 5) is 8.79. The largest absolute Gasteiger partial charge is 0.391 e. The summed E-state index contributed by atoms with van der Waals surface area (Å²) in [6.45, 7) is 1.88. The van der Waals surface area contributed by atoms with E-state index < -0.39 is 0 Å². The van der Waals surface area contributed by atoms with Crippen molar-refractivity contribution in [2.75, 3.05) is 5.32 Å². The highest BCUT2D eigenvalue weighted by atomic mass is 16.3. The van der Waals surface area contributed by atoms with E-state index in [1.165, 1.54) is 0 Å². The number of hydrogen-bond acceptors (Lipinski definition) is 6. The first kappa shape index (κ1) is 15.3. The normalized spacial score (nSPS) is 24.9. The topological polar surface area (TPSA) is 93.9 Å². The van der Waals surface area contributed by atoms with Crippen LogP contribution in [0.2, 0.25) is 0 Å². The highest BCUT2D eigenvalue weighted by Gasteiger charge is 2.26. The van der Waals surface area contributed by atoms with Crippen LogP contribution >= 0.6 is 0 Å². The number of nitrogens with zero attached hydrogens (tertiary/aromatic N) is 3. The van der Waals surface area contributed by atoms with Gasteiger partial charge in [0.1, 0.15) is 11.6 Å². The predicted octanol–water partition coefficient (Wildman–Crippen LogP) is 2.02. The van der Waals surface area contributed by atoms with Gasteiger partial charge in [-0.2, -0.15) is 5.26 Å². The molecule has 0 unspecified atom stereocenters. The lowest BCUT2D eigenvalue weighted by atomic mass is 10.1. The van der Waals surface area contributed by atoms with E-state index in [2.05, 4.69) is 26.7 Å². The van der Waals surface area contributed by atoms with Crippen LogP contribution in [0.3, 0.4) is 0 Å². The molecule has 1 aliphatic heterocycles. The van der Waals surface area contributed by atoms with Crippen LogP contribution in [0, 0.1) is 18.3 Å². The Balaban J connectivity index is 1.92. The molecule has 0 radical (unpaired) electrons. The number of nitrogens with one attached hydrogen (secondary N) is 2. The van der Waals surface area contributed by atoms with Crippen LogP contribution in [0.1, 0.15) is 30.5 Å². The molecule has 6 nitrogen and oxygen atoms in total. The third kappa shape index (κ3) is 3.25. The molecule has 2 heterocycles. The minimum atomic E-state index is -0.370. The molecular weight excluding hydrogens is 290 g/mol. The maximum Gasteiger partial charge on any atom is 0.223 e. The first-order valence-electron chi connectivity index (χ1n) is 7.72. The molecule has 23 heavy (non-hydrogen) atoms. The van der Waals surface area contributed by atoms with Crippen LogP contribution in [0.15, 0.2) is 36.3 Å². The fourth-order valence-corrected chi connectivity index (χ4v) is 2.83. The summed E-state index contributed by atoms with van der Waals surface area (Å²) in [5, 5.41) is 25.7. The SMILES string of the molecule is Cc1cnc(N[C@H]2CCC[C@@H]2O)nc1C(C#N)=C1C=CC=CN1. The second kappa shape index (κ2) is 6.63. The molecular formula is C17H19N5O. The first-order chi connectivity index (χ1) is 11.2. The van der Waals surface area contributed by atoms with Crippen LogP contribution in [-0.4, -0.2) is 27.2 Å². The molecule has 0 spiro atoms. The minimum Gasteiger partial charge on any atom is -0.391 e. The number of hydrogen-bond donors (Lipinski definition) is 3. The lowest BCUT2D eigenvalue weighted by Gasteiger charge is -2.17. The number of anilines is 1. The molecule has 2 atom stereocenters. The molecule has 3 rings (SSSR count). The predicted molar refractivity (Wildman–Crippen MR) is 88.0 cm³/mol. The number of nitriles is 1. The Bertz CT molecular complexity index is 729. The molecule has 0 bridgehead atoms. The minimum absolute atomic E-state index is 0.0284. The highest BCUT2D eigenvalue weighted by molar-refractivity contribution is 5.80. The third-order valence-corrected chi connectivity index (χ3v) is 4.09. The molecule has 6 heteroatoms. The first-order valence-corrected chi connectivity index (χ1v) is 7.72. The number of dihydropyridines is 1. The Morgan fingerprint density at radius 2 is 2.30 bits per heavy atom. The summed E-state index contributed by atoms with van der Waals surface area (Å²) in [6, 6.07) is 2.19. The zero-order valence-electron chi connectivity index (χ0n) is 13.0. The fraction of sp³-hybridized carbons (Fsp3) is 0.353. The van der Waals surface area contributed by atoms with Gasteiger partial charge in [0.2, 0.25) is 5.95 Å². The average Bonchev–Trinajstić information content (AvgIpc) is 2.97. The molecule has 1 aromatic heterocycles. The monoisotopic (exact) mass is 309 g/mol. The van der Waals surface area contributed by atoms with Gasteiger partial charge < -0.3 is 15.7 Å². The second-order valence-corrected chi connectivity index (χ2v) is 5.74. The average molecular weight is 309 g/mol. The van der Waals surface area contributed by atoms with Gasteiger partial charge in [0.05, 0.1) is 23.5 Å². The van der Waals surface area contributed by atoms with Crippen molar-refractivity contribution in [2.45, 2.75) is 38.3 Å². The van der Waals surface area contributed by atoms with Gasteiger partial charge in [-0.3, -0.25) is 0 Å². The molecule has 1 saturated carbocycles. The van der Waals surface area contributed by atoms with Crippen LogP contribution in [-0.2, 0) is 0 Å². The number of aryl methyl sites for hydroxylation is 1. The van der Waals surface area contributed by atoms with E-state index >= 15 is 0 Å². The maximum atomic E-state index is 9.93. The van der Waals surface area contributed by atoms with Crippen molar-refractivity contribution in [3.05, 3.63) is 47.6 Å². The van der Waals surface area contributed by atoms with E-state index in [1.807, 2.05) is 25.2 Å². The Labute approximate surface area is 135 Å². The lowest BCUT2D eigenvalue weighted by Crippen LogP contribution is -2.29. The molecule has 2 aliphatic rings. The van der Waals surface area contributed by atoms with Crippen LogP contribution in [0.25, 0.3) is 5.57 Å². The van der Waals surface area contributed by atoms with E-state index in [0.29, 0.717) is 22.9 Å². The zero-order valence-corrected chi connectivity index (χ0v) is 13.0. The Kier molecular flexibility index (Phi) is 4.40. The fourth-order valence-electron chi connectivity index (χ4n) is 2.83. The van der Waals surface area contributed by atoms with Crippen molar-refractivity contribution in [3.63, 3.8) is 0 Å². The van der Waals surface area contributed by atoms with Crippen molar-refractivity contribution < 1.29 is 5.11 Å². The highest BCUT2D eigenvalue weighted by Crippen LogP contribution is 2.24. The number of aliphatic hydroxyl groups is 1. The van der Waals surface area contributed by atoms with Crippen molar-refractivity contribution in [1.29, 1.82) is 5.26 Å². The molecule has 0 aromatic carbocycles. The van der Waals surface area contributed by atoms with E-state index in [0.717, 1.165) is 24.8 Å². The number of aliphatic hydroxyl groups excluding tert-OH is 1. The molecule has 118 valence electrons. The summed E-state index contributed by atoms with van der Waals surface area (Å²) in [5.74, 6) is 0.445. The van der Waals surface area contributed by atoms with Crippen LogP contribution in [0.4, 0.5) is 5.95 Å². The Morgan fingerprint density at radius 1 is 1.43 bits per heavy atom. The van der Waals surface area contributed by atoms with Crippen molar-refractivity contribution >= 4 is 11.5 Å². The summed E-state index contributed by atoms with van der Waals surface area (Å²) in [5.41, 5.74) is 2.61. The third-order valence-electron chi connectivity index (χ3n) is 4.09. The Hall–Kier alpha value is -2.65. The number of aromatic nitrogens is 2. The summed E-state index contributed by atoms with van der Waals surface area (Å²) >= 11 is 0. The van der Waals surface area contributed by atoms with Gasteiger partial charge in [0, 0.05) is 12.4 Å². The lowest BCUT2D eigenvalue weighted by molar-refractivity contribution is 0.171. The smallest absolute Gasteiger partial charge is 0.223 e. The van der Waals surface area contributed by atoms with E-state index in [9.17, 15) is 10.4 Å². The van der Waals surface area contributed by atoms with Crippen molar-refractivity contribution in [2.24, 2.45) is 0 Å². The molecule has 0 amide bonds.